The van der Waals surface area contributed by atoms with Crippen LogP contribution < -0.4 is 14.8 Å². The lowest BCUT2D eigenvalue weighted by atomic mass is 9.98. The summed E-state index contributed by atoms with van der Waals surface area (Å²) >= 11 is 0. The molecule has 1 N–H and O–H groups in total. The molecule has 2 aromatic carbocycles. The number of likely N-dealkylation sites (N-methyl/N-ethyl adjacent to an activating group) is 1. The van der Waals surface area contributed by atoms with Crippen LogP contribution in [0.15, 0.2) is 42.5 Å². The summed E-state index contributed by atoms with van der Waals surface area (Å²) in [5.74, 6) is 1.58. The molecule has 3 rings (SSSR count). The van der Waals surface area contributed by atoms with E-state index in [1.54, 1.807) is 14.2 Å². The molecule has 25 heavy (non-hydrogen) atoms. The molecular weight excluding hydrogens is 312 g/mol. The minimum absolute atomic E-state index is 0.519. The van der Waals surface area contributed by atoms with E-state index in [0.717, 1.165) is 37.4 Å². The van der Waals surface area contributed by atoms with Crippen LogP contribution in [0.2, 0.25) is 0 Å². The van der Waals surface area contributed by atoms with E-state index in [4.69, 9.17) is 9.47 Å². The molecule has 1 heterocycles. The maximum absolute atomic E-state index is 5.39. The summed E-state index contributed by atoms with van der Waals surface area (Å²) in [6, 6.07) is 15.3. The van der Waals surface area contributed by atoms with Crippen LogP contribution in [0.5, 0.6) is 11.5 Å². The molecule has 4 nitrogen and oxygen atoms in total. The smallest absolute Gasteiger partial charge is 0.160 e. The molecule has 0 aromatic heterocycles. The van der Waals surface area contributed by atoms with Crippen LogP contribution in [-0.4, -0.2) is 45.3 Å². The zero-order valence-electron chi connectivity index (χ0n) is 15.4. The standard InChI is InChI=1S/C21H28N2O2/c1-23(13-12-16-8-11-20(24-2)21(14-16)25-3)15-18-10-9-17-6-4-5-7-19(17)22-18/h4-8,11,14,18,22H,9-10,12-13,15H2,1-3H3. The quantitative estimate of drug-likeness (QED) is 0.835. The highest BCUT2D eigenvalue weighted by atomic mass is 16.5. The highest BCUT2D eigenvalue weighted by molar-refractivity contribution is 5.53. The summed E-state index contributed by atoms with van der Waals surface area (Å²) < 4.78 is 10.7. The molecule has 0 bridgehead atoms. The Morgan fingerprint density at radius 1 is 1.08 bits per heavy atom. The van der Waals surface area contributed by atoms with Gasteiger partial charge in [0.2, 0.25) is 0 Å². The Morgan fingerprint density at radius 2 is 1.88 bits per heavy atom. The lowest BCUT2D eigenvalue weighted by Crippen LogP contribution is -2.37. The third kappa shape index (κ3) is 4.45. The highest BCUT2D eigenvalue weighted by Crippen LogP contribution is 2.28. The van der Waals surface area contributed by atoms with Gasteiger partial charge in [-0.2, -0.15) is 0 Å². The van der Waals surface area contributed by atoms with E-state index < -0.39 is 0 Å². The van der Waals surface area contributed by atoms with Crippen LogP contribution in [0.25, 0.3) is 0 Å². The first-order valence-electron chi connectivity index (χ1n) is 8.93. The summed E-state index contributed by atoms with van der Waals surface area (Å²) in [6.45, 7) is 2.08. The van der Waals surface area contributed by atoms with Crippen molar-refractivity contribution in [2.45, 2.75) is 25.3 Å². The Balaban J connectivity index is 1.51. The number of nitrogens with zero attached hydrogens (tertiary/aromatic N) is 1. The lowest BCUT2D eigenvalue weighted by Gasteiger charge is -2.30. The molecule has 1 unspecified atom stereocenters. The van der Waals surface area contributed by atoms with Gasteiger partial charge in [-0.1, -0.05) is 24.3 Å². The van der Waals surface area contributed by atoms with E-state index in [2.05, 4.69) is 53.7 Å². The number of nitrogens with one attached hydrogen (secondary N) is 1. The minimum Gasteiger partial charge on any atom is -0.493 e. The molecule has 134 valence electrons. The molecule has 2 aromatic rings. The van der Waals surface area contributed by atoms with Crippen LogP contribution in [0.4, 0.5) is 5.69 Å². The Kier molecular flexibility index (Phi) is 5.82. The zero-order chi connectivity index (χ0) is 17.6. The first-order valence-corrected chi connectivity index (χ1v) is 8.93. The predicted molar refractivity (Wildman–Crippen MR) is 103 cm³/mol. The minimum atomic E-state index is 0.519. The van der Waals surface area contributed by atoms with E-state index >= 15 is 0 Å². The van der Waals surface area contributed by atoms with Crippen molar-refractivity contribution >= 4 is 5.69 Å². The van der Waals surface area contributed by atoms with E-state index in [1.807, 2.05) is 6.07 Å². The number of ether oxygens (including phenoxy) is 2. The van der Waals surface area contributed by atoms with Gasteiger partial charge in [-0.3, -0.25) is 0 Å². The number of anilines is 1. The second kappa shape index (κ2) is 8.26. The summed E-state index contributed by atoms with van der Waals surface area (Å²) in [5, 5.41) is 3.68. The number of hydrogen-bond donors (Lipinski definition) is 1. The van der Waals surface area contributed by atoms with E-state index in [1.165, 1.54) is 23.2 Å². The Hall–Kier alpha value is -2.20. The number of fused-ring (bicyclic) bond motifs is 1. The molecule has 0 aliphatic carbocycles. The number of hydrogen-bond acceptors (Lipinski definition) is 4. The van der Waals surface area contributed by atoms with Gasteiger partial charge in [-0.15, -0.1) is 0 Å². The fraction of sp³-hybridized carbons (Fsp3) is 0.429. The SMILES string of the molecule is COc1ccc(CCN(C)CC2CCc3ccccc3N2)cc1OC. The fourth-order valence-electron chi connectivity index (χ4n) is 3.46. The number of aryl methyl sites for hydroxylation is 1. The van der Waals surface area contributed by atoms with Crippen LogP contribution in [-0.2, 0) is 12.8 Å². The third-order valence-corrected chi connectivity index (χ3v) is 4.90. The average molecular weight is 340 g/mol. The molecule has 1 atom stereocenters. The number of methoxy groups -OCH3 is 2. The first kappa shape index (κ1) is 17.6. The van der Waals surface area contributed by atoms with Gasteiger partial charge in [0.1, 0.15) is 0 Å². The number of para-hydroxylation sites is 1. The summed E-state index contributed by atoms with van der Waals surface area (Å²) in [6.07, 6.45) is 3.36. The van der Waals surface area contributed by atoms with Gasteiger partial charge in [-0.05, 0) is 55.6 Å². The van der Waals surface area contributed by atoms with Crippen molar-refractivity contribution in [2.75, 3.05) is 39.7 Å². The monoisotopic (exact) mass is 340 g/mol. The molecule has 0 saturated heterocycles. The fourth-order valence-corrected chi connectivity index (χ4v) is 3.46. The van der Waals surface area contributed by atoms with Gasteiger partial charge in [0, 0.05) is 24.8 Å². The molecular formula is C21H28N2O2. The van der Waals surface area contributed by atoms with E-state index in [9.17, 15) is 0 Å². The molecule has 1 aliphatic heterocycles. The lowest BCUT2D eigenvalue weighted by molar-refractivity contribution is 0.313. The van der Waals surface area contributed by atoms with Crippen molar-refractivity contribution < 1.29 is 9.47 Å². The second-order valence-electron chi connectivity index (χ2n) is 6.74. The van der Waals surface area contributed by atoms with Crippen LogP contribution in [0.3, 0.4) is 0 Å². The zero-order valence-corrected chi connectivity index (χ0v) is 15.4. The summed E-state index contributed by atoms with van der Waals surface area (Å²) in [5.41, 5.74) is 4.00. The largest absolute Gasteiger partial charge is 0.493 e. The van der Waals surface area contributed by atoms with Crippen LogP contribution in [0.1, 0.15) is 17.5 Å². The second-order valence-corrected chi connectivity index (χ2v) is 6.74. The molecule has 4 heteroatoms. The maximum atomic E-state index is 5.39. The topological polar surface area (TPSA) is 33.7 Å². The highest BCUT2D eigenvalue weighted by Gasteiger charge is 2.18. The first-order chi connectivity index (χ1) is 12.2. The average Bonchev–Trinajstić information content (AvgIpc) is 2.66. The molecule has 0 amide bonds. The van der Waals surface area contributed by atoms with Gasteiger partial charge in [0.05, 0.1) is 14.2 Å². The summed E-state index contributed by atoms with van der Waals surface area (Å²) in [7, 11) is 5.55. The van der Waals surface area contributed by atoms with Crippen LogP contribution >= 0.6 is 0 Å². The van der Waals surface area contributed by atoms with Gasteiger partial charge in [-0.25, -0.2) is 0 Å². The number of benzene rings is 2. The van der Waals surface area contributed by atoms with Crippen molar-refractivity contribution in [1.29, 1.82) is 0 Å². The normalized spacial score (nSPS) is 16.2. The third-order valence-electron chi connectivity index (χ3n) is 4.90. The van der Waals surface area contributed by atoms with Crippen molar-refractivity contribution in [1.82, 2.24) is 4.90 Å². The van der Waals surface area contributed by atoms with Gasteiger partial charge in [0.25, 0.3) is 0 Å². The van der Waals surface area contributed by atoms with E-state index in [-0.39, 0.29) is 0 Å². The number of rotatable bonds is 7. The Bertz CT molecular complexity index is 702. The Labute approximate surface area is 150 Å². The molecule has 0 saturated carbocycles. The maximum Gasteiger partial charge on any atom is 0.160 e. The predicted octanol–water partition coefficient (Wildman–Crippen LogP) is 3.61. The molecule has 1 aliphatic rings. The Morgan fingerprint density at radius 3 is 2.68 bits per heavy atom. The van der Waals surface area contributed by atoms with Crippen molar-refractivity contribution in [3.63, 3.8) is 0 Å². The van der Waals surface area contributed by atoms with Crippen molar-refractivity contribution in [3.05, 3.63) is 53.6 Å². The van der Waals surface area contributed by atoms with Crippen molar-refractivity contribution in [3.8, 4) is 11.5 Å². The van der Waals surface area contributed by atoms with Crippen LogP contribution in [0, 0.1) is 0 Å². The van der Waals surface area contributed by atoms with Crippen molar-refractivity contribution in [2.24, 2.45) is 0 Å². The molecule has 0 radical (unpaired) electrons. The van der Waals surface area contributed by atoms with Gasteiger partial charge in [0.15, 0.2) is 11.5 Å². The molecule has 0 fully saturated rings. The van der Waals surface area contributed by atoms with E-state index in [0.29, 0.717) is 6.04 Å². The summed E-state index contributed by atoms with van der Waals surface area (Å²) in [4.78, 5) is 2.41. The van der Waals surface area contributed by atoms with Gasteiger partial charge < -0.3 is 19.7 Å². The molecule has 0 spiro atoms. The van der Waals surface area contributed by atoms with Gasteiger partial charge >= 0.3 is 0 Å².